The number of hydrogen-bond donors (Lipinski definition) is 0. The first kappa shape index (κ1) is 3.85. The molecule has 0 aromatic rings. The van der Waals surface area contributed by atoms with E-state index in [2.05, 4.69) is 16.7 Å². The van der Waals surface area contributed by atoms with Crippen LogP contribution in [0.5, 0.6) is 0 Å². The average Bonchev–Trinajstić information content (AvgIpc) is 2.30. The Labute approximate surface area is 53.9 Å². The van der Waals surface area contributed by atoms with E-state index in [9.17, 15) is 0 Å². The van der Waals surface area contributed by atoms with E-state index in [4.69, 9.17) is 2.74 Å². The SMILES string of the molecule is [2H]CN1CCN(C[2H])C1C. The molecule has 1 rings (SSSR count). The van der Waals surface area contributed by atoms with Crippen molar-refractivity contribution in [3.05, 3.63) is 0 Å². The lowest BCUT2D eigenvalue weighted by atomic mass is 10.5. The fraction of sp³-hybridized carbons (Fsp3) is 1.00. The second-order valence-electron chi connectivity index (χ2n) is 2.26. The summed E-state index contributed by atoms with van der Waals surface area (Å²) >= 11 is 0. The molecule has 0 radical (unpaired) electrons. The molecule has 0 spiro atoms. The molecule has 8 heavy (non-hydrogen) atoms. The molecule has 0 unspecified atom stereocenters. The molecule has 48 valence electrons. The van der Waals surface area contributed by atoms with Gasteiger partial charge in [-0.1, -0.05) is 0 Å². The van der Waals surface area contributed by atoms with Crippen molar-refractivity contribution >= 4 is 0 Å². The van der Waals surface area contributed by atoms with Crippen molar-refractivity contribution in [3.63, 3.8) is 0 Å². The van der Waals surface area contributed by atoms with Crippen LogP contribution in [-0.2, 0) is 0 Å². The molecule has 0 aromatic carbocycles. The summed E-state index contributed by atoms with van der Waals surface area (Å²) in [5, 5.41) is 0. The predicted octanol–water partition coefficient (Wildman–Crippen LogP) is 0.210. The zero-order chi connectivity index (χ0) is 7.56. The Morgan fingerprint density at radius 1 is 1.38 bits per heavy atom. The maximum Gasteiger partial charge on any atom is 0.0589 e. The van der Waals surface area contributed by atoms with Crippen molar-refractivity contribution in [2.45, 2.75) is 13.1 Å². The third kappa shape index (κ3) is 0.858. The van der Waals surface area contributed by atoms with Crippen LogP contribution in [0.3, 0.4) is 0 Å². The van der Waals surface area contributed by atoms with Crippen LogP contribution in [0.1, 0.15) is 9.67 Å². The second kappa shape index (κ2) is 2.03. The molecular weight excluding hydrogens is 100 g/mol. The van der Waals surface area contributed by atoms with E-state index in [1.54, 1.807) is 0 Å². The van der Waals surface area contributed by atoms with Crippen LogP contribution in [0.2, 0.25) is 0 Å². The summed E-state index contributed by atoms with van der Waals surface area (Å²) < 4.78 is 14.3. The molecule has 1 heterocycles. The van der Waals surface area contributed by atoms with Gasteiger partial charge in [0.1, 0.15) is 0 Å². The lowest BCUT2D eigenvalue weighted by Gasteiger charge is -2.19. The van der Waals surface area contributed by atoms with Crippen molar-refractivity contribution in [2.24, 2.45) is 0 Å². The summed E-state index contributed by atoms with van der Waals surface area (Å²) in [6.45, 7) is 3.95. The quantitative estimate of drug-likeness (QED) is 0.446. The molecule has 0 bridgehead atoms. The highest BCUT2D eigenvalue weighted by atomic mass is 15.4. The highest BCUT2D eigenvalue weighted by Crippen LogP contribution is 2.06. The van der Waals surface area contributed by atoms with E-state index in [1.165, 1.54) is 0 Å². The number of rotatable bonds is 0. The van der Waals surface area contributed by atoms with E-state index in [1.807, 2.05) is 0 Å². The maximum atomic E-state index is 7.13. The Morgan fingerprint density at radius 3 is 2.12 bits per heavy atom. The molecule has 0 N–H and O–H groups in total. The predicted molar refractivity (Wildman–Crippen MR) is 34.7 cm³/mol. The largest absolute Gasteiger partial charge is 0.290 e. The molecule has 1 fully saturated rings. The smallest absolute Gasteiger partial charge is 0.0589 e. The van der Waals surface area contributed by atoms with Crippen molar-refractivity contribution in [1.29, 1.82) is 0 Å². The van der Waals surface area contributed by atoms with Gasteiger partial charge in [-0.3, -0.25) is 9.80 Å². The van der Waals surface area contributed by atoms with E-state index < -0.39 is 0 Å². The Balaban J connectivity index is 2.41. The lowest BCUT2D eigenvalue weighted by molar-refractivity contribution is 0.208. The minimum Gasteiger partial charge on any atom is -0.290 e. The fourth-order valence-electron chi connectivity index (χ4n) is 0.862. The molecule has 0 saturated carbocycles. The summed E-state index contributed by atoms with van der Waals surface area (Å²) in [7, 11) is 0.718. The Bertz CT molecular complexity index is 97.9. The summed E-state index contributed by atoms with van der Waals surface area (Å²) in [4.78, 5) is 4.10. The van der Waals surface area contributed by atoms with Crippen LogP contribution in [0.4, 0.5) is 0 Å². The number of hydrogen-bond acceptors (Lipinski definition) is 2. The molecule has 2 nitrogen and oxygen atoms in total. The van der Waals surface area contributed by atoms with Gasteiger partial charge < -0.3 is 0 Å². The fourth-order valence-corrected chi connectivity index (χ4v) is 0.862. The zero-order valence-electron chi connectivity index (χ0n) is 7.30. The molecule has 0 aliphatic carbocycles. The van der Waals surface area contributed by atoms with Gasteiger partial charge in [-0.25, -0.2) is 0 Å². The van der Waals surface area contributed by atoms with Crippen LogP contribution in [0, 0.1) is 0 Å². The van der Waals surface area contributed by atoms with E-state index in [0.717, 1.165) is 13.1 Å². The summed E-state index contributed by atoms with van der Waals surface area (Å²) in [6.07, 6.45) is 0.301. The Kier molecular flexibility index (Phi) is 0.980. The average molecular weight is 116 g/mol. The molecule has 2 heteroatoms. The summed E-state index contributed by atoms with van der Waals surface area (Å²) in [5.41, 5.74) is 0. The highest BCUT2D eigenvalue weighted by molar-refractivity contribution is 4.71. The van der Waals surface area contributed by atoms with E-state index in [0.29, 0.717) is 20.2 Å². The van der Waals surface area contributed by atoms with Gasteiger partial charge in [0.15, 0.2) is 0 Å². The second-order valence-corrected chi connectivity index (χ2v) is 2.26. The van der Waals surface area contributed by atoms with Gasteiger partial charge in [0.05, 0.1) is 6.17 Å². The first-order valence-corrected chi connectivity index (χ1v) is 2.86. The molecule has 1 aliphatic heterocycles. The van der Waals surface area contributed by atoms with Crippen LogP contribution in [-0.4, -0.2) is 43.1 Å². The third-order valence-electron chi connectivity index (χ3n) is 1.73. The first-order valence-electron chi connectivity index (χ1n) is 4.27. The molecule has 1 saturated heterocycles. The number of likely N-dealkylation sites (N-methyl/N-ethyl adjacent to an activating group) is 2. The lowest BCUT2D eigenvalue weighted by Crippen LogP contribution is -2.30. The van der Waals surface area contributed by atoms with Crippen molar-refractivity contribution in [2.75, 3.05) is 27.1 Å². The summed E-state index contributed by atoms with van der Waals surface area (Å²) in [6, 6.07) is 0. The van der Waals surface area contributed by atoms with Gasteiger partial charge in [0.25, 0.3) is 0 Å². The van der Waals surface area contributed by atoms with Crippen LogP contribution in [0.25, 0.3) is 0 Å². The topological polar surface area (TPSA) is 6.48 Å². The minimum atomic E-state index is 0.301. The molecule has 0 atom stereocenters. The van der Waals surface area contributed by atoms with Crippen LogP contribution >= 0.6 is 0 Å². The third-order valence-corrected chi connectivity index (χ3v) is 1.73. The Morgan fingerprint density at radius 2 is 1.88 bits per heavy atom. The molecule has 0 amide bonds. The minimum absolute atomic E-state index is 0.301. The maximum absolute atomic E-state index is 7.13. The van der Waals surface area contributed by atoms with E-state index in [-0.39, 0.29) is 0 Å². The normalized spacial score (nSPS) is 30.6. The molecular formula is C6H14N2. The monoisotopic (exact) mass is 116 g/mol. The Hall–Kier alpha value is -0.0800. The molecule has 0 aromatic heterocycles. The van der Waals surface area contributed by atoms with Gasteiger partial charge in [-0.05, 0) is 21.0 Å². The van der Waals surface area contributed by atoms with Gasteiger partial charge in [0.2, 0.25) is 0 Å². The van der Waals surface area contributed by atoms with Crippen molar-refractivity contribution in [1.82, 2.24) is 9.80 Å². The summed E-state index contributed by atoms with van der Waals surface area (Å²) in [5.74, 6) is 0. The first-order chi connectivity index (χ1) is 4.79. The highest BCUT2D eigenvalue weighted by Gasteiger charge is 2.20. The van der Waals surface area contributed by atoms with Crippen LogP contribution in [0.15, 0.2) is 0 Å². The van der Waals surface area contributed by atoms with Crippen molar-refractivity contribution in [3.8, 4) is 0 Å². The number of nitrogens with zero attached hydrogens (tertiary/aromatic N) is 2. The van der Waals surface area contributed by atoms with Crippen molar-refractivity contribution < 1.29 is 2.74 Å². The standard InChI is InChI=1S/C6H14N2/c1-6-7(2)4-5-8(6)3/h6H,4-5H2,1-3H3/i2D,3D. The van der Waals surface area contributed by atoms with Gasteiger partial charge in [0, 0.05) is 15.8 Å². The molecule has 1 aliphatic rings. The zero-order valence-corrected chi connectivity index (χ0v) is 5.30. The van der Waals surface area contributed by atoms with E-state index >= 15 is 0 Å². The van der Waals surface area contributed by atoms with Gasteiger partial charge in [-0.15, -0.1) is 0 Å². The van der Waals surface area contributed by atoms with Crippen LogP contribution < -0.4 is 0 Å². The van der Waals surface area contributed by atoms with Gasteiger partial charge >= 0.3 is 0 Å². The van der Waals surface area contributed by atoms with Gasteiger partial charge in [-0.2, -0.15) is 0 Å².